The molecule has 7 heteroatoms. The molecule has 1 N–H and O–H groups in total. The van der Waals surface area contributed by atoms with Crippen LogP contribution in [0.15, 0.2) is 48.0 Å². The van der Waals surface area contributed by atoms with Crippen LogP contribution in [-0.2, 0) is 9.59 Å². The fourth-order valence-electron chi connectivity index (χ4n) is 2.58. The first-order valence-electron chi connectivity index (χ1n) is 9.95. The van der Waals surface area contributed by atoms with Gasteiger partial charge in [-0.1, -0.05) is 37.1 Å². The summed E-state index contributed by atoms with van der Waals surface area (Å²) in [4.78, 5) is 24.2. The van der Waals surface area contributed by atoms with E-state index in [-0.39, 0.29) is 17.9 Å². The Labute approximate surface area is 182 Å². The van der Waals surface area contributed by atoms with Crippen LogP contribution in [0, 0.1) is 18.3 Å². The third-order valence-electron chi connectivity index (χ3n) is 4.28. The standard InChI is InChI=1S/C24H26N2O5/c1-4-5-12-26-24(28)19(15-25)13-18-8-11-21(22(14-18)29-3)31-23(27)16-30-20-9-6-17(2)7-10-20/h6-11,13-14H,4-5,12,16H2,1-3H3,(H,26,28)/b19-13+. The number of nitriles is 1. The zero-order chi connectivity index (χ0) is 22.6. The Bertz CT molecular complexity index is 974. The van der Waals surface area contributed by atoms with Gasteiger partial charge in [-0.15, -0.1) is 0 Å². The first-order chi connectivity index (χ1) is 15.0. The lowest BCUT2D eigenvalue weighted by Crippen LogP contribution is -2.25. The Hall–Kier alpha value is -3.79. The minimum Gasteiger partial charge on any atom is -0.493 e. The normalized spacial score (nSPS) is 10.7. The van der Waals surface area contributed by atoms with Crippen molar-refractivity contribution in [2.75, 3.05) is 20.3 Å². The van der Waals surface area contributed by atoms with E-state index in [0.29, 0.717) is 23.6 Å². The topological polar surface area (TPSA) is 97.7 Å². The lowest BCUT2D eigenvalue weighted by atomic mass is 10.1. The quantitative estimate of drug-likeness (QED) is 0.206. The zero-order valence-electron chi connectivity index (χ0n) is 17.9. The summed E-state index contributed by atoms with van der Waals surface area (Å²) in [5, 5.41) is 12.0. The Morgan fingerprint density at radius 3 is 2.52 bits per heavy atom. The number of hydrogen-bond acceptors (Lipinski definition) is 6. The van der Waals surface area contributed by atoms with E-state index < -0.39 is 11.9 Å². The summed E-state index contributed by atoms with van der Waals surface area (Å²) in [5.74, 6) is 0.0503. The summed E-state index contributed by atoms with van der Waals surface area (Å²) >= 11 is 0. The Kier molecular flexibility index (Phi) is 9.12. The van der Waals surface area contributed by atoms with Crippen molar-refractivity contribution >= 4 is 18.0 Å². The molecule has 0 radical (unpaired) electrons. The van der Waals surface area contributed by atoms with E-state index >= 15 is 0 Å². The highest BCUT2D eigenvalue weighted by Crippen LogP contribution is 2.29. The van der Waals surface area contributed by atoms with Crippen molar-refractivity contribution in [3.8, 4) is 23.3 Å². The fourth-order valence-corrected chi connectivity index (χ4v) is 2.58. The van der Waals surface area contributed by atoms with Gasteiger partial charge in [0.05, 0.1) is 7.11 Å². The summed E-state index contributed by atoms with van der Waals surface area (Å²) in [5.41, 5.74) is 1.64. The monoisotopic (exact) mass is 422 g/mol. The van der Waals surface area contributed by atoms with Crippen molar-refractivity contribution in [2.24, 2.45) is 0 Å². The van der Waals surface area contributed by atoms with Crippen molar-refractivity contribution in [1.82, 2.24) is 5.32 Å². The number of nitrogens with one attached hydrogen (secondary N) is 1. The summed E-state index contributed by atoms with van der Waals surface area (Å²) in [7, 11) is 1.44. The third-order valence-corrected chi connectivity index (χ3v) is 4.28. The van der Waals surface area contributed by atoms with Gasteiger partial charge in [-0.3, -0.25) is 4.79 Å². The van der Waals surface area contributed by atoms with Gasteiger partial charge < -0.3 is 19.5 Å². The molecule has 2 rings (SSSR count). The average Bonchev–Trinajstić information content (AvgIpc) is 2.78. The molecule has 0 unspecified atom stereocenters. The molecule has 0 spiro atoms. The zero-order valence-corrected chi connectivity index (χ0v) is 17.9. The summed E-state index contributed by atoms with van der Waals surface area (Å²) in [6.07, 6.45) is 3.24. The van der Waals surface area contributed by atoms with Crippen LogP contribution < -0.4 is 19.5 Å². The Balaban J connectivity index is 2.04. The number of hydrogen-bond donors (Lipinski definition) is 1. The predicted molar refractivity (Wildman–Crippen MR) is 117 cm³/mol. The van der Waals surface area contributed by atoms with E-state index in [1.54, 1.807) is 30.3 Å². The van der Waals surface area contributed by atoms with E-state index in [2.05, 4.69) is 5.32 Å². The maximum Gasteiger partial charge on any atom is 0.349 e. The molecule has 0 aliphatic heterocycles. The molecule has 162 valence electrons. The Morgan fingerprint density at radius 1 is 1.13 bits per heavy atom. The molecular formula is C24H26N2O5. The number of carbonyl (C=O) groups excluding carboxylic acids is 2. The van der Waals surface area contributed by atoms with Gasteiger partial charge in [0, 0.05) is 6.54 Å². The first kappa shape index (κ1) is 23.5. The maximum atomic E-state index is 12.1. The second-order valence-corrected chi connectivity index (χ2v) is 6.77. The van der Waals surface area contributed by atoms with Crippen LogP contribution >= 0.6 is 0 Å². The highest BCUT2D eigenvalue weighted by molar-refractivity contribution is 6.01. The van der Waals surface area contributed by atoms with Crippen molar-refractivity contribution in [3.05, 3.63) is 59.2 Å². The van der Waals surface area contributed by atoms with Gasteiger partial charge in [-0.05, 0) is 49.2 Å². The molecule has 0 saturated heterocycles. The highest BCUT2D eigenvalue weighted by atomic mass is 16.6. The number of benzene rings is 2. The van der Waals surface area contributed by atoms with E-state index in [9.17, 15) is 14.9 Å². The van der Waals surface area contributed by atoms with Crippen LogP contribution in [0.4, 0.5) is 0 Å². The molecule has 2 aromatic carbocycles. The second kappa shape index (κ2) is 12.0. The SMILES string of the molecule is CCCCNC(=O)/C(C#N)=C/c1ccc(OC(=O)COc2ccc(C)cc2)c(OC)c1. The maximum absolute atomic E-state index is 12.1. The molecule has 31 heavy (non-hydrogen) atoms. The van der Waals surface area contributed by atoms with Crippen molar-refractivity contribution in [1.29, 1.82) is 5.26 Å². The fraction of sp³-hybridized carbons (Fsp3) is 0.292. The molecule has 1 amide bonds. The number of unbranched alkanes of at least 4 members (excludes halogenated alkanes) is 1. The lowest BCUT2D eigenvalue weighted by molar-refractivity contribution is -0.136. The molecule has 0 saturated carbocycles. The molecule has 7 nitrogen and oxygen atoms in total. The van der Waals surface area contributed by atoms with E-state index in [1.807, 2.05) is 32.0 Å². The number of carbonyl (C=O) groups is 2. The lowest BCUT2D eigenvalue weighted by Gasteiger charge is -2.11. The van der Waals surface area contributed by atoms with Crippen LogP contribution in [0.1, 0.15) is 30.9 Å². The molecule has 0 atom stereocenters. The van der Waals surface area contributed by atoms with E-state index in [4.69, 9.17) is 14.2 Å². The summed E-state index contributed by atoms with van der Waals surface area (Å²) in [6, 6.07) is 14.0. The van der Waals surface area contributed by atoms with Gasteiger partial charge in [0.2, 0.25) is 0 Å². The van der Waals surface area contributed by atoms with Gasteiger partial charge >= 0.3 is 5.97 Å². The molecule has 0 bridgehead atoms. The highest BCUT2D eigenvalue weighted by Gasteiger charge is 2.13. The van der Waals surface area contributed by atoms with Gasteiger partial charge in [0.1, 0.15) is 17.4 Å². The van der Waals surface area contributed by atoms with Crippen LogP contribution in [0.2, 0.25) is 0 Å². The molecule has 0 aromatic heterocycles. The minimum atomic E-state index is -0.588. The largest absolute Gasteiger partial charge is 0.493 e. The van der Waals surface area contributed by atoms with Gasteiger partial charge in [0.25, 0.3) is 5.91 Å². The van der Waals surface area contributed by atoms with Crippen molar-refractivity contribution in [2.45, 2.75) is 26.7 Å². The van der Waals surface area contributed by atoms with Gasteiger partial charge in [-0.2, -0.15) is 5.26 Å². The molecule has 0 aliphatic rings. The molecule has 0 heterocycles. The Morgan fingerprint density at radius 2 is 1.87 bits per heavy atom. The predicted octanol–water partition coefficient (Wildman–Crippen LogP) is 3.81. The summed E-state index contributed by atoms with van der Waals surface area (Å²) < 4.78 is 16.0. The number of methoxy groups -OCH3 is 1. The van der Waals surface area contributed by atoms with Gasteiger partial charge in [-0.25, -0.2) is 4.79 Å². The number of esters is 1. The van der Waals surface area contributed by atoms with Crippen molar-refractivity contribution < 1.29 is 23.8 Å². The van der Waals surface area contributed by atoms with E-state index in [0.717, 1.165) is 18.4 Å². The average molecular weight is 422 g/mol. The van der Waals surface area contributed by atoms with Crippen LogP contribution in [0.5, 0.6) is 17.2 Å². The molecule has 2 aromatic rings. The first-order valence-corrected chi connectivity index (χ1v) is 9.95. The number of rotatable bonds is 10. The number of nitrogens with zero attached hydrogens (tertiary/aromatic N) is 1. The number of amides is 1. The molecule has 0 aliphatic carbocycles. The minimum absolute atomic E-state index is 0.0191. The van der Waals surface area contributed by atoms with Crippen molar-refractivity contribution in [3.63, 3.8) is 0 Å². The van der Waals surface area contributed by atoms with Crippen LogP contribution in [0.25, 0.3) is 6.08 Å². The van der Waals surface area contributed by atoms with E-state index in [1.165, 1.54) is 13.2 Å². The summed E-state index contributed by atoms with van der Waals surface area (Å²) in [6.45, 7) is 4.23. The van der Waals surface area contributed by atoms with Crippen LogP contribution in [-0.4, -0.2) is 32.1 Å². The molecular weight excluding hydrogens is 396 g/mol. The number of aryl methyl sites for hydroxylation is 1. The molecule has 0 fully saturated rings. The van der Waals surface area contributed by atoms with Gasteiger partial charge in [0.15, 0.2) is 18.1 Å². The third kappa shape index (κ3) is 7.52. The van der Waals surface area contributed by atoms with Crippen LogP contribution in [0.3, 0.4) is 0 Å². The second-order valence-electron chi connectivity index (χ2n) is 6.77. The number of ether oxygens (including phenoxy) is 3. The smallest absolute Gasteiger partial charge is 0.349 e.